The van der Waals surface area contributed by atoms with Crippen LogP contribution in [0.1, 0.15) is 32.1 Å². The molecule has 1 aliphatic carbocycles. The highest BCUT2D eigenvalue weighted by atomic mass is 32.2. The van der Waals surface area contributed by atoms with Gasteiger partial charge in [-0.05, 0) is 19.1 Å². The van der Waals surface area contributed by atoms with Gasteiger partial charge in [-0.15, -0.1) is 0 Å². The van der Waals surface area contributed by atoms with Crippen LogP contribution in [0, 0.1) is 0 Å². The average Bonchev–Trinajstić information content (AvgIpc) is 2.17. The quantitative estimate of drug-likeness (QED) is 0.775. The molecular formula is C11H21NOS. The lowest BCUT2D eigenvalue weighted by Crippen LogP contribution is -2.51. The number of rotatable bonds is 4. The van der Waals surface area contributed by atoms with Gasteiger partial charge in [0.15, 0.2) is 0 Å². The molecule has 0 radical (unpaired) electrons. The molecule has 3 heteroatoms. The number of hydrogen-bond acceptors (Lipinski definition) is 3. The van der Waals surface area contributed by atoms with Crippen LogP contribution in [0.2, 0.25) is 0 Å². The monoisotopic (exact) mass is 215 g/mol. The van der Waals surface area contributed by atoms with Crippen molar-refractivity contribution in [3.05, 3.63) is 0 Å². The summed E-state index contributed by atoms with van der Waals surface area (Å²) in [5, 5.41) is 3.63. The number of nitrogens with one attached hydrogen (secondary N) is 1. The summed E-state index contributed by atoms with van der Waals surface area (Å²) < 4.78 is 5.71. The zero-order valence-corrected chi connectivity index (χ0v) is 9.87. The minimum atomic E-state index is 0.536. The standard InChI is InChI=1S/C11H21NOS/c1-14-11(5-3-2-4-6-11)9-12-10-7-13-8-10/h10,12H,2-9H2,1H3. The summed E-state index contributed by atoms with van der Waals surface area (Å²) in [5.74, 6) is 0. The lowest BCUT2D eigenvalue weighted by molar-refractivity contribution is -0.00627. The van der Waals surface area contributed by atoms with E-state index in [0.29, 0.717) is 10.8 Å². The smallest absolute Gasteiger partial charge is 0.0643 e. The molecule has 0 spiro atoms. The third-order valence-corrected chi connectivity index (χ3v) is 4.97. The fourth-order valence-corrected chi connectivity index (χ4v) is 3.26. The summed E-state index contributed by atoms with van der Waals surface area (Å²) in [7, 11) is 0. The van der Waals surface area contributed by atoms with Gasteiger partial charge in [0.05, 0.1) is 19.3 Å². The van der Waals surface area contributed by atoms with Gasteiger partial charge in [0.2, 0.25) is 0 Å². The van der Waals surface area contributed by atoms with Crippen molar-refractivity contribution in [1.82, 2.24) is 5.32 Å². The zero-order valence-electron chi connectivity index (χ0n) is 9.05. The molecule has 14 heavy (non-hydrogen) atoms. The van der Waals surface area contributed by atoms with Crippen molar-refractivity contribution in [3.63, 3.8) is 0 Å². The predicted octanol–water partition coefficient (Wildman–Crippen LogP) is 2.04. The van der Waals surface area contributed by atoms with Crippen molar-refractivity contribution >= 4 is 11.8 Å². The average molecular weight is 215 g/mol. The molecule has 2 fully saturated rings. The molecule has 2 nitrogen and oxygen atoms in total. The van der Waals surface area contributed by atoms with Crippen LogP contribution in [0.4, 0.5) is 0 Å². The molecule has 1 aliphatic heterocycles. The highest BCUT2D eigenvalue weighted by Gasteiger charge is 2.32. The van der Waals surface area contributed by atoms with Crippen molar-refractivity contribution in [2.24, 2.45) is 0 Å². The number of ether oxygens (including phenoxy) is 1. The first-order chi connectivity index (χ1) is 6.85. The highest BCUT2D eigenvalue weighted by Crippen LogP contribution is 2.38. The first kappa shape index (κ1) is 10.8. The van der Waals surface area contributed by atoms with Crippen molar-refractivity contribution in [2.45, 2.75) is 42.9 Å². The Morgan fingerprint density at radius 2 is 2.00 bits per heavy atom. The molecule has 0 amide bonds. The van der Waals surface area contributed by atoms with E-state index in [-0.39, 0.29) is 0 Å². The molecule has 0 bridgehead atoms. The van der Waals surface area contributed by atoms with Crippen molar-refractivity contribution in [1.29, 1.82) is 0 Å². The lowest BCUT2D eigenvalue weighted by atomic mass is 9.88. The van der Waals surface area contributed by atoms with E-state index < -0.39 is 0 Å². The largest absolute Gasteiger partial charge is 0.378 e. The molecule has 2 aliphatic rings. The van der Waals surface area contributed by atoms with Crippen LogP contribution < -0.4 is 5.32 Å². The van der Waals surface area contributed by atoms with Crippen LogP contribution in [0.5, 0.6) is 0 Å². The third-order valence-electron chi connectivity index (χ3n) is 3.55. The van der Waals surface area contributed by atoms with Crippen molar-refractivity contribution < 1.29 is 4.74 Å². The van der Waals surface area contributed by atoms with Gasteiger partial charge in [-0.3, -0.25) is 0 Å². The summed E-state index contributed by atoms with van der Waals surface area (Å²) in [5.41, 5.74) is 0. The Hall–Kier alpha value is 0.270. The van der Waals surface area contributed by atoms with Crippen LogP contribution in [-0.2, 0) is 4.74 Å². The Labute approximate surface area is 91.2 Å². The number of hydrogen-bond donors (Lipinski definition) is 1. The molecule has 1 heterocycles. The Morgan fingerprint density at radius 3 is 2.50 bits per heavy atom. The molecule has 1 saturated carbocycles. The molecular weight excluding hydrogens is 194 g/mol. The van der Waals surface area contributed by atoms with E-state index in [1.807, 2.05) is 0 Å². The maximum absolute atomic E-state index is 5.17. The van der Waals surface area contributed by atoms with Crippen LogP contribution >= 0.6 is 11.8 Å². The Balaban J connectivity index is 1.77. The van der Waals surface area contributed by atoms with Crippen molar-refractivity contribution in [3.8, 4) is 0 Å². The molecule has 0 atom stereocenters. The summed E-state index contributed by atoms with van der Waals surface area (Å²) in [6.07, 6.45) is 9.34. The molecule has 1 saturated heterocycles. The Morgan fingerprint density at radius 1 is 1.29 bits per heavy atom. The maximum atomic E-state index is 5.17. The minimum Gasteiger partial charge on any atom is -0.378 e. The first-order valence-electron chi connectivity index (χ1n) is 5.71. The number of thioether (sulfide) groups is 1. The van der Waals surface area contributed by atoms with Crippen molar-refractivity contribution in [2.75, 3.05) is 26.0 Å². The van der Waals surface area contributed by atoms with Crippen LogP contribution in [-0.4, -0.2) is 36.8 Å². The third kappa shape index (κ3) is 2.44. The summed E-state index contributed by atoms with van der Waals surface area (Å²) in [6.45, 7) is 3.02. The molecule has 0 aromatic rings. The Kier molecular flexibility index (Phi) is 3.74. The topological polar surface area (TPSA) is 21.3 Å². The maximum Gasteiger partial charge on any atom is 0.0643 e. The lowest BCUT2D eigenvalue weighted by Gasteiger charge is -2.38. The van der Waals surface area contributed by atoms with Gasteiger partial charge < -0.3 is 10.1 Å². The molecule has 2 rings (SSSR count). The van der Waals surface area contributed by atoms with Crippen LogP contribution in [0.3, 0.4) is 0 Å². The molecule has 1 N–H and O–H groups in total. The van der Waals surface area contributed by atoms with E-state index >= 15 is 0 Å². The zero-order chi connectivity index (χ0) is 9.86. The molecule has 0 unspecified atom stereocenters. The first-order valence-corrected chi connectivity index (χ1v) is 6.93. The Bertz CT molecular complexity index is 176. The fourth-order valence-electron chi connectivity index (χ4n) is 2.33. The molecule has 82 valence electrons. The van der Waals surface area contributed by atoms with E-state index in [4.69, 9.17) is 4.74 Å². The van der Waals surface area contributed by atoms with Gasteiger partial charge in [0.25, 0.3) is 0 Å². The SMILES string of the molecule is CSC1(CNC2COC2)CCCCC1. The highest BCUT2D eigenvalue weighted by molar-refractivity contribution is 8.00. The van der Waals surface area contributed by atoms with Gasteiger partial charge in [-0.25, -0.2) is 0 Å². The van der Waals surface area contributed by atoms with E-state index in [9.17, 15) is 0 Å². The second-order valence-electron chi connectivity index (χ2n) is 4.56. The van der Waals surface area contributed by atoms with Gasteiger partial charge in [0.1, 0.15) is 0 Å². The van der Waals surface area contributed by atoms with E-state index in [2.05, 4.69) is 23.3 Å². The summed E-state index contributed by atoms with van der Waals surface area (Å²) in [6, 6.07) is 0.640. The summed E-state index contributed by atoms with van der Waals surface area (Å²) in [4.78, 5) is 0. The normalized spacial score (nSPS) is 27.2. The second kappa shape index (κ2) is 4.86. The molecule has 0 aromatic heterocycles. The molecule has 0 aromatic carbocycles. The van der Waals surface area contributed by atoms with Gasteiger partial charge in [-0.2, -0.15) is 11.8 Å². The minimum absolute atomic E-state index is 0.536. The fraction of sp³-hybridized carbons (Fsp3) is 1.00. The predicted molar refractivity (Wildman–Crippen MR) is 61.9 cm³/mol. The second-order valence-corrected chi connectivity index (χ2v) is 5.84. The van der Waals surface area contributed by atoms with Crippen LogP contribution in [0.25, 0.3) is 0 Å². The van der Waals surface area contributed by atoms with Gasteiger partial charge in [0, 0.05) is 11.3 Å². The summed E-state index contributed by atoms with van der Waals surface area (Å²) >= 11 is 2.07. The van der Waals surface area contributed by atoms with E-state index in [0.717, 1.165) is 13.2 Å². The van der Waals surface area contributed by atoms with E-state index in [1.165, 1.54) is 38.6 Å². The van der Waals surface area contributed by atoms with Crippen LogP contribution in [0.15, 0.2) is 0 Å². The van der Waals surface area contributed by atoms with Gasteiger partial charge >= 0.3 is 0 Å². The van der Waals surface area contributed by atoms with E-state index in [1.54, 1.807) is 0 Å². The van der Waals surface area contributed by atoms with Gasteiger partial charge in [-0.1, -0.05) is 19.3 Å².